The number of fused-ring (bicyclic) bond motifs is 1. The van der Waals surface area contributed by atoms with Crippen LogP contribution in [0.3, 0.4) is 0 Å². The van der Waals surface area contributed by atoms with Gasteiger partial charge in [-0.3, -0.25) is 9.48 Å². The number of H-pyrrole nitrogens is 1. The van der Waals surface area contributed by atoms with E-state index >= 15 is 0 Å². The maximum absolute atomic E-state index is 14.3. The normalized spacial score (nSPS) is 15.4. The molecule has 1 amide bonds. The van der Waals surface area contributed by atoms with Crippen molar-refractivity contribution in [3.05, 3.63) is 64.5 Å². The Labute approximate surface area is 222 Å². The number of amides is 1. The number of halogens is 4. The molecule has 11 heteroatoms. The molecular formula is C27H27ClF3N5O2. The van der Waals surface area contributed by atoms with E-state index in [9.17, 15) is 18.0 Å². The smallest absolute Gasteiger partial charge is 0.387 e. The van der Waals surface area contributed by atoms with Crippen LogP contribution in [0.4, 0.5) is 13.2 Å². The fourth-order valence-electron chi connectivity index (χ4n) is 5.34. The minimum atomic E-state index is -3.08. The Balaban J connectivity index is 1.49. The van der Waals surface area contributed by atoms with Crippen molar-refractivity contribution in [2.45, 2.75) is 52.2 Å². The van der Waals surface area contributed by atoms with Crippen molar-refractivity contribution in [3.63, 3.8) is 0 Å². The van der Waals surface area contributed by atoms with Crippen LogP contribution in [0.25, 0.3) is 22.2 Å². The summed E-state index contributed by atoms with van der Waals surface area (Å²) in [6.07, 6.45) is 6.94. The standard InChI is InChI=1S/C27H27ClF3N5O2/c1-14(24-23(38-27(30)31)5-4-22(29)25(24)28)20-12-33-26-19(20)10-17(11-32-26)21-13-34-36(15(21)2)18-6-8-35(9-7-18)16(3)37/h4-5,10-14,18,27H,6-9H2,1-3H3,(H,32,33)/t14-/m0/s1. The Bertz CT molecular complexity index is 1490. The molecule has 1 N–H and O–H groups in total. The van der Waals surface area contributed by atoms with Crippen LogP contribution in [0.15, 0.2) is 36.8 Å². The zero-order chi connectivity index (χ0) is 27.1. The number of nitrogens with one attached hydrogen (secondary N) is 1. The van der Waals surface area contributed by atoms with E-state index in [4.69, 9.17) is 11.6 Å². The van der Waals surface area contributed by atoms with Crippen LogP contribution < -0.4 is 4.74 Å². The van der Waals surface area contributed by atoms with E-state index in [-0.39, 0.29) is 28.3 Å². The second-order valence-corrected chi connectivity index (χ2v) is 9.94. The number of ether oxygens (including phenoxy) is 1. The number of hydrogen-bond donors (Lipinski definition) is 1. The van der Waals surface area contributed by atoms with Crippen molar-refractivity contribution >= 4 is 28.5 Å². The Morgan fingerprint density at radius 2 is 1.97 bits per heavy atom. The fourth-order valence-corrected chi connectivity index (χ4v) is 5.66. The summed E-state index contributed by atoms with van der Waals surface area (Å²) in [6, 6.07) is 4.33. The molecule has 1 fully saturated rings. The van der Waals surface area contributed by atoms with Gasteiger partial charge >= 0.3 is 6.61 Å². The second-order valence-electron chi connectivity index (χ2n) is 9.56. The van der Waals surface area contributed by atoms with Gasteiger partial charge in [0.15, 0.2) is 0 Å². The van der Waals surface area contributed by atoms with Crippen LogP contribution in [0.1, 0.15) is 55.5 Å². The predicted octanol–water partition coefficient (Wildman–Crippen LogP) is 6.46. The second kappa shape index (κ2) is 10.3. The van der Waals surface area contributed by atoms with Crippen molar-refractivity contribution in [1.29, 1.82) is 0 Å². The first-order valence-corrected chi connectivity index (χ1v) is 12.7. The molecule has 1 atom stereocenters. The highest BCUT2D eigenvalue weighted by Gasteiger charge is 2.26. The van der Waals surface area contributed by atoms with E-state index in [1.54, 1.807) is 26.2 Å². The van der Waals surface area contributed by atoms with Crippen molar-refractivity contribution < 1.29 is 22.7 Å². The first-order chi connectivity index (χ1) is 18.2. The molecule has 1 aromatic carbocycles. The number of aromatic nitrogens is 4. The minimum absolute atomic E-state index is 0.0876. The van der Waals surface area contributed by atoms with Gasteiger partial charge in [0.25, 0.3) is 0 Å². The summed E-state index contributed by atoms with van der Waals surface area (Å²) in [5.74, 6) is -1.38. The van der Waals surface area contributed by atoms with Crippen LogP contribution >= 0.6 is 11.6 Å². The van der Waals surface area contributed by atoms with Crippen LogP contribution in [0.5, 0.6) is 5.75 Å². The molecule has 0 bridgehead atoms. The molecule has 0 radical (unpaired) electrons. The first kappa shape index (κ1) is 26.1. The van der Waals surface area contributed by atoms with Gasteiger partial charge in [-0.15, -0.1) is 0 Å². The van der Waals surface area contributed by atoms with Crippen molar-refractivity contribution in [2.24, 2.45) is 0 Å². The highest BCUT2D eigenvalue weighted by atomic mass is 35.5. The highest BCUT2D eigenvalue weighted by Crippen LogP contribution is 2.41. The number of alkyl halides is 2. The third-order valence-corrected chi connectivity index (χ3v) is 7.77. The molecule has 7 nitrogen and oxygen atoms in total. The van der Waals surface area contributed by atoms with Gasteiger partial charge in [0.1, 0.15) is 17.2 Å². The molecule has 0 saturated carbocycles. The molecule has 0 unspecified atom stereocenters. The molecule has 38 heavy (non-hydrogen) atoms. The monoisotopic (exact) mass is 545 g/mol. The molecule has 1 saturated heterocycles. The molecule has 200 valence electrons. The van der Waals surface area contributed by atoms with Crippen LogP contribution in [-0.2, 0) is 4.79 Å². The van der Waals surface area contributed by atoms with Gasteiger partial charge in [-0.1, -0.05) is 18.5 Å². The first-order valence-electron chi connectivity index (χ1n) is 12.4. The topological polar surface area (TPSA) is 76.0 Å². The number of pyridine rings is 1. The number of benzene rings is 1. The third-order valence-electron chi connectivity index (χ3n) is 7.38. The number of carbonyl (C=O) groups is 1. The van der Waals surface area contributed by atoms with Gasteiger partial charge in [-0.2, -0.15) is 13.9 Å². The van der Waals surface area contributed by atoms with E-state index in [1.807, 2.05) is 28.8 Å². The van der Waals surface area contributed by atoms with E-state index in [0.29, 0.717) is 24.3 Å². The summed E-state index contributed by atoms with van der Waals surface area (Å²) in [4.78, 5) is 21.2. The molecule has 5 rings (SSSR count). The minimum Gasteiger partial charge on any atom is -0.434 e. The van der Waals surface area contributed by atoms with Crippen LogP contribution in [0, 0.1) is 12.7 Å². The van der Waals surface area contributed by atoms with E-state index in [1.165, 1.54) is 0 Å². The molecule has 3 aromatic heterocycles. The summed E-state index contributed by atoms with van der Waals surface area (Å²) >= 11 is 6.24. The number of likely N-dealkylation sites (tertiary alicyclic amines) is 1. The lowest BCUT2D eigenvalue weighted by molar-refractivity contribution is -0.130. The molecule has 0 aliphatic carbocycles. The molecule has 0 spiro atoms. The Kier molecular flexibility index (Phi) is 7.09. The summed E-state index contributed by atoms with van der Waals surface area (Å²) in [6.45, 7) is 3.68. The highest BCUT2D eigenvalue weighted by molar-refractivity contribution is 6.31. The lowest BCUT2D eigenvalue weighted by Crippen LogP contribution is -2.38. The maximum atomic E-state index is 14.3. The third kappa shape index (κ3) is 4.73. The van der Waals surface area contributed by atoms with E-state index < -0.39 is 18.3 Å². The molecular weight excluding hydrogens is 519 g/mol. The van der Waals surface area contributed by atoms with Crippen molar-refractivity contribution in [2.75, 3.05) is 13.1 Å². The lowest BCUT2D eigenvalue weighted by atomic mass is 9.91. The molecule has 4 heterocycles. The summed E-state index contributed by atoms with van der Waals surface area (Å²) in [7, 11) is 0. The van der Waals surface area contributed by atoms with Gasteiger partial charge in [-0.25, -0.2) is 9.37 Å². The number of hydrogen-bond acceptors (Lipinski definition) is 4. The zero-order valence-corrected chi connectivity index (χ0v) is 21.9. The summed E-state index contributed by atoms with van der Waals surface area (Å²) < 4.78 is 47.1. The number of aromatic amines is 1. The summed E-state index contributed by atoms with van der Waals surface area (Å²) in [5, 5.41) is 5.14. The van der Waals surface area contributed by atoms with Crippen molar-refractivity contribution in [1.82, 2.24) is 24.6 Å². The van der Waals surface area contributed by atoms with E-state index in [2.05, 4.69) is 19.8 Å². The predicted molar refractivity (Wildman–Crippen MR) is 138 cm³/mol. The van der Waals surface area contributed by atoms with Gasteiger partial charge in [0, 0.05) is 66.1 Å². The number of nitrogens with zero attached hydrogens (tertiary/aromatic N) is 4. The van der Waals surface area contributed by atoms with Gasteiger partial charge in [0.2, 0.25) is 5.91 Å². The van der Waals surface area contributed by atoms with E-state index in [0.717, 1.165) is 47.2 Å². The number of rotatable bonds is 6. The van der Waals surface area contributed by atoms with Crippen molar-refractivity contribution in [3.8, 4) is 16.9 Å². The molecule has 4 aromatic rings. The van der Waals surface area contributed by atoms with Gasteiger partial charge in [0.05, 0.1) is 17.3 Å². The largest absolute Gasteiger partial charge is 0.434 e. The average Bonchev–Trinajstić information content (AvgIpc) is 3.49. The molecule has 1 aliphatic rings. The van der Waals surface area contributed by atoms with Crippen LogP contribution in [-0.4, -0.2) is 50.3 Å². The van der Waals surface area contributed by atoms with Gasteiger partial charge in [-0.05, 0) is 43.5 Å². The Morgan fingerprint density at radius 3 is 2.66 bits per heavy atom. The SMILES string of the molecule is CC(=O)N1CCC(n2ncc(-c3cnc4[nH]cc([C@H](C)c5c(OC(F)F)ccc(F)c5Cl)c4c3)c2C)CC1. The van der Waals surface area contributed by atoms with Crippen LogP contribution in [0.2, 0.25) is 5.02 Å². The summed E-state index contributed by atoms with van der Waals surface area (Å²) in [5.41, 5.74) is 4.19. The Morgan fingerprint density at radius 1 is 1.24 bits per heavy atom. The lowest BCUT2D eigenvalue weighted by Gasteiger charge is -2.32. The fraction of sp³-hybridized carbons (Fsp3) is 0.370. The van der Waals surface area contributed by atoms with Gasteiger partial charge < -0.3 is 14.6 Å². The maximum Gasteiger partial charge on any atom is 0.387 e. The Hall–Kier alpha value is -3.53. The number of carbonyl (C=O) groups excluding carboxylic acids is 1. The zero-order valence-electron chi connectivity index (χ0n) is 21.1. The quantitative estimate of drug-likeness (QED) is 0.301. The number of piperidine rings is 1. The average molecular weight is 546 g/mol. The molecule has 1 aliphatic heterocycles.